The fourth-order valence-electron chi connectivity index (χ4n) is 2.73. The van der Waals surface area contributed by atoms with Crippen LogP contribution in [-0.4, -0.2) is 35.2 Å². The van der Waals surface area contributed by atoms with Gasteiger partial charge in [0.25, 0.3) is 10.0 Å². The number of sulfonamides is 1. The lowest BCUT2D eigenvalue weighted by Gasteiger charge is -2.28. The first-order valence-corrected chi connectivity index (χ1v) is 9.11. The van der Waals surface area contributed by atoms with Crippen molar-refractivity contribution >= 4 is 15.7 Å². The summed E-state index contributed by atoms with van der Waals surface area (Å²) in [5.41, 5.74) is 1.27. The third kappa shape index (κ3) is 3.18. The smallest absolute Gasteiger partial charge is 0.265 e. The van der Waals surface area contributed by atoms with E-state index in [1.807, 2.05) is 13.1 Å². The normalized spacial score (nSPS) is 16.8. The van der Waals surface area contributed by atoms with Gasteiger partial charge in [0.05, 0.1) is 7.11 Å². The zero-order valence-electron chi connectivity index (χ0n) is 13.6. The monoisotopic (exact) mass is 348 g/mol. The SMILES string of the molecule is CN[C@H]1COc2c(S(=O)(=O)Nc3ccccc3)ccc(OC)c2C1. The average molecular weight is 348 g/mol. The Morgan fingerprint density at radius 2 is 1.92 bits per heavy atom. The summed E-state index contributed by atoms with van der Waals surface area (Å²) < 4.78 is 39.3. The zero-order chi connectivity index (χ0) is 17.2. The molecule has 0 amide bonds. The molecule has 2 aromatic rings. The van der Waals surface area contributed by atoms with Gasteiger partial charge in [-0.1, -0.05) is 18.2 Å². The van der Waals surface area contributed by atoms with Crippen molar-refractivity contribution in [3.05, 3.63) is 48.0 Å². The van der Waals surface area contributed by atoms with Crippen molar-refractivity contribution in [2.24, 2.45) is 0 Å². The first-order chi connectivity index (χ1) is 11.5. The molecular weight excluding hydrogens is 328 g/mol. The summed E-state index contributed by atoms with van der Waals surface area (Å²) in [4.78, 5) is 0.122. The maximum absolute atomic E-state index is 12.8. The molecule has 6 nitrogen and oxygen atoms in total. The van der Waals surface area contributed by atoms with Crippen LogP contribution in [0.2, 0.25) is 0 Å². The molecule has 2 aromatic carbocycles. The van der Waals surface area contributed by atoms with E-state index in [-0.39, 0.29) is 10.9 Å². The van der Waals surface area contributed by atoms with E-state index in [0.717, 1.165) is 5.56 Å². The van der Waals surface area contributed by atoms with Crippen molar-refractivity contribution in [3.63, 3.8) is 0 Å². The molecule has 2 N–H and O–H groups in total. The minimum absolute atomic E-state index is 0.117. The Morgan fingerprint density at radius 1 is 1.17 bits per heavy atom. The molecule has 0 bridgehead atoms. The highest BCUT2D eigenvalue weighted by molar-refractivity contribution is 7.92. The maximum Gasteiger partial charge on any atom is 0.265 e. The third-order valence-corrected chi connectivity index (χ3v) is 5.41. The van der Waals surface area contributed by atoms with Crippen LogP contribution in [0.4, 0.5) is 5.69 Å². The van der Waals surface area contributed by atoms with Gasteiger partial charge in [0.2, 0.25) is 0 Å². The van der Waals surface area contributed by atoms with Gasteiger partial charge in [-0.2, -0.15) is 0 Å². The van der Waals surface area contributed by atoms with Gasteiger partial charge in [-0.15, -0.1) is 0 Å². The largest absolute Gasteiger partial charge is 0.496 e. The van der Waals surface area contributed by atoms with Gasteiger partial charge in [-0.25, -0.2) is 8.42 Å². The number of anilines is 1. The summed E-state index contributed by atoms with van der Waals surface area (Å²) in [6.45, 7) is 0.407. The maximum atomic E-state index is 12.8. The van der Waals surface area contributed by atoms with E-state index in [2.05, 4.69) is 10.0 Å². The van der Waals surface area contributed by atoms with Crippen molar-refractivity contribution in [1.29, 1.82) is 0 Å². The van der Waals surface area contributed by atoms with E-state index in [1.54, 1.807) is 37.4 Å². The number of nitrogens with one attached hydrogen (secondary N) is 2. The number of hydrogen-bond donors (Lipinski definition) is 2. The van der Waals surface area contributed by atoms with E-state index in [0.29, 0.717) is 30.2 Å². The Hall–Kier alpha value is -2.25. The van der Waals surface area contributed by atoms with Crippen LogP contribution < -0.4 is 19.5 Å². The van der Waals surface area contributed by atoms with Gasteiger partial charge in [0, 0.05) is 17.3 Å². The number of rotatable bonds is 5. The van der Waals surface area contributed by atoms with Crippen LogP contribution in [0.3, 0.4) is 0 Å². The molecule has 1 atom stereocenters. The number of para-hydroxylation sites is 1. The molecule has 1 heterocycles. The number of methoxy groups -OCH3 is 1. The van der Waals surface area contributed by atoms with Gasteiger partial charge in [-0.05, 0) is 37.7 Å². The quantitative estimate of drug-likeness (QED) is 0.864. The van der Waals surface area contributed by atoms with Gasteiger partial charge in [0.15, 0.2) is 0 Å². The van der Waals surface area contributed by atoms with Crippen molar-refractivity contribution in [2.45, 2.75) is 17.4 Å². The molecule has 128 valence electrons. The minimum Gasteiger partial charge on any atom is -0.496 e. The first-order valence-electron chi connectivity index (χ1n) is 7.63. The minimum atomic E-state index is -3.75. The van der Waals surface area contributed by atoms with E-state index < -0.39 is 10.0 Å². The van der Waals surface area contributed by atoms with Crippen LogP contribution in [0.1, 0.15) is 5.56 Å². The molecule has 0 aliphatic carbocycles. The fourth-order valence-corrected chi connectivity index (χ4v) is 3.96. The average Bonchev–Trinajstić information content (AvgIpc) is 2.60. The first kappa shape index (κ1) is 16.6. The molecular formula is C17H20N2O4S. The predicted octanol–water partition coefficient (Wildman–Crippen LogP) is 2.02. The van der Waals surface area contributed by atoms with E-state index in [4.69, 9.17) is 9.47 Å². The summed E-state index contributed by atoms with van der Waals surface area (Å²) in [7, 11) is -0.340. The Labute approximate surface area is 141 Å². The lowest BCUT2D eigenvalue weighted by molar-refractivity contribution is 0.235. The second-order valence-electron chi connectivity index (χ2n) is 5.55. The van der Waals surface area contributed by atoms with Crippen molar-refractivity contribution in [2.75, 3.05) is 25.5 Å². The Balaban J connectivity index is 2.02. The molecule has 24 heavy (non-hydrogen) atoms. The molecule has 1 aliphatic rings. The molecule has 0 radical (unpaired) electrons. The molecule has 3 rings (SSSR count). The topological polar surface area (TPSA) is 76.7 Å². The molecule has 0 saturated heterocycles. The van der Waals surface area contributed by atoms with Crippen LogP contribution in [-0.2, 0) is 16.4 Å². The molecule has 1 aliphatic heterocycles. The van der Waals surface area contributed by atoms with Crippen LogP contribution in [0, 0.1) is 0 Å². The lowest BCUT2D eigenvalue weighted by atomic mass is 10.0. The van der Waals surface area contributed by atoms with Gasteiger partial charge in [-0.3, -0.25) is 4.72 Å². The molecule has 0 aromatic heterocycles. The van der Waals surface area contributed by atoms with Gasteiger partial charge in [0.1, 0.15) is 23.0 Å². The predicted molar refractivity (Wildman–Crippen MR) is 92.3 cm³/mol. The summed E-state index contributed by atoms with van der Waals surface area (Å²) in [5.74, 6) is 0.993. The van der Waals surface area contributed by atoms with Gasteiger partial charge >= 0.3 is 0 Å². The zero-order valence-corrected chi connectivity index (χ0v) is 14.4. The van der Waals surface area contributed by atoms with Crippen molar-refractivity contribution < 1.29 is 17.9 Å². The third-order valence-electron chi connectivity index (χ3n) is 4.00. The molecule has 7 heteroatoms. The van der Waals surface area contributed by atoms with Crippen molar-refractivity contribution in [3.8, 4) is 11.5 Å². The number of fused-ring (bicyclic) bond motifs is 1. The Bertz CT molecular complexity index is 822. The molecule has 0 unspecified atom stereocenters. The van der Waals surface area contributed by atoms with Gasteiger partial charge < -0.3 is 14.8 Å². The van der Waals surface area contributed by atoms with Crippen molar-refractivity contribution in [1.82, 2.24) is 5.32 Å². The van der Waals surface area contributed by atoms with E-state index >= 15 is 0 Å². The lowest BCUT2D eigenvalue weighted by Crippen LogP contribution is -2.37. The Morgan fingerprint density at radius 3 is 2.58 bits per heavy atom. The summed E-state index contributed by atoms with van der Waals surface area (Å²) in [6.07, 6.45) is 0.643. The summed E-state index contributed by atoms with van der Waals surface area (Å²) in [6, 6.07) is 12.1. The molecule has 0 fully saturated rings. The van der Waals surface area contributed by atoms with Crippen LogP contribution in [0.25, 0.3) is 0 Å². The second-order valence-corrected chi connectivity index (χ2v) is 7.20. The van der Waals surface area contributed by atoms with E-state index in [1.165, 1.54) is 6.07 Å². The second kappa shape index (κ2) is 6.70. The van der Waals surface area contributed by atoms with Crippen LogP contribution >= 0.6 is 0 Å². The van der Waals surface area contributed by atoms with Crippen LogP contribution in [0.15, 0.2) is 47.4 Å². The number of likely N-dealkylation sites (N-methyl/N-ethyl adjacent to an activating group) is 1. The van der Waals surface area contributed by atoms with Crippen LogP contribution in [0.5, 0.6) is 11.5 Å². The van der Waals surface area contributed by atoms with E-state index in [9.17, 15) is 8.42 Å². The molecule has 0 saturated carbocycles. The fraction of sp³-hybridized carbons (Fsp3) is 0.294. The summed E-state index contributed by atoms with van der Waals surface area (Å²) >= 11 is 0. The summed E-state index contributed by atoms with van der Waals surface area (Å²) in [5, 5.41) is 3.15. The highest BCUT2D eigenvalue weighted by Gasteiger charge is 2.29. The highest BCUT2D eigenvalue weighted by atomic mass is 32.2. The highest BCUT2D eigenvalue weighted by Crippen LogP contribution is 2.38. The molecule has 0 spiro atoms. The number of ether oxygens (including phenoxy) is 2. The number of benzene rings is 2. The Kier molecular flexibility index (Phi) is 4.64. The standard InChI is InChI=1S/C17H20N2O4S/c1-18-13-10-14-15(22-2)8-9-16(17(14)23-11-13)24(20,21)19-12-6-4-3-5-7-12/h3-9,13,18-19H,10-11H2,1-2H3/t13-/m1/s1. The number of hydrogen-bond acceptors (Lipinski definition) is 5.